The molecular formula is C13H17N3O2S. The van der Waals surface area contributed by atoms with Gasteiger partial charge in [-0.1, -0.05) is 12.2 Å². The fourth-order valence-electron chi connectivity index (χ4n) is 2.23. The van der Waals surface area contributed by atoms with Gasteiger partial charge in [-0.2, -0.15) is 0 Å². The van der Waals surface area contributed by atoms with Gasteiger partial charge >= 0.3 is 0 Å². The van der Waals surface area contributed by atoms with E-state index in [-0.39, 0.29) is 17.4 Å². The molecule has 1 aromatic heterocycles. The summed E-state index contributed by atoms with van der Waals surface area (Å²) in [7, 11) is 1.66. The van der Waals surface area contributed by atoms with Crippen molar-refractivity contribution >= 4 is 23.1 Å². The van der Waals surface area contributed by atoms with Crippen molar-refractivity contribution in [1.29, 1.82) is 0 Å². The lowest BCUT2D eigenvalue weighted by atomic mass is 9.96. The maximum Gasteiger partial charge on any atom is 0.254 e. The summed E-state index contributed by atoms with van der Waals surface area (Å²) in [5, 5.41) is 0. The maximum atomic E-state index is 12.3. The Bertz CT molecular complexity index is 559. The molecule has 1 saturated heterocycles. The van der Waals surface area contributed by atoms with Crippen molar-refractivity contribution in [2.45, 2.75) is 12.8 Å². The number of nitrogens with two attached hydrogens (primary N) is 1. The number of aromatic nitrogens is 1. The average Bonchev–Trinajstić information content (AvgIpc) is 2.41. The van der Waals surface area contributed by atoms with Gasteiger partial charge in [0, 0.05) is 43.9 Å². The first-order chi connectivity index (χ1) is 8.99. The van der Waals surface area contributed by atoms with Crippen LogP contribution in [0.3, 0.4) is 0 Å². The third-order valence-corrected chi connectivity index (χ3v) is 3.87. The van der Waals surface area contributed by atoms with E-state index in [1.54, 1.807) is 24.2 Å². The molecule has 19 heavy (non-hydrogen) atoms. The molecule has 1 aliphatic heterocycles. The van der Waals surface area contributed by atoms with Crippen molar-refractivity contribution < 1.29 is 4.79 Å². The zero-order valence-electron chi connectivity index (χ0n) is 10.8. The number of thiocarbonyl (C=S) groups is 1. The SMILES string of the molecule is Cn1ccc(C(=O)N2CCC(C(N)=S)CC2)cc1=O. The normalized spacial score (nSPS) is 16.4. The average molecular weight is 279 g/mol. The highest BCUT2D eigenvalue weighted by Crippen LogP contribution is 2.18. The van der Waals surface area contributed by atoms with Gasteiger partial charge < -0.3 is 15.2 Å². The lowest BCUT2D eigenvalue weighted by Gasteiger charge is -2.31. The van der Waals surface area contributed by atoms with Crippen LogP contribution in [0.4, 0.5) is 0 Å². The third kappa shape index (κ3) is 3.01. The van der Waals surface area contributed by atoms with Crippen LogP contribution in [0.15, 0.2) is 23.1 Å². The first kappa shape index (κ1) is 13.7. The molecule has 1 aromatic rings. The smallest absolute Gasteiger partial charge is 0.254 e. The van der Waals surface area contributed by atoms with Crippen molar-refractivity contribution in [2.24, 2.45) is 18.7 Å². The maximum absolute atomic E-state index is 12.3. The van der Waals surface area contributed by atoms with Crippen LogP contribution in [-0.4, -0.2) is 33.5 Å². The summed E-state index contributed by atoms with van der Waals surface area (Å²) >= 11 is 4.97. The number of pyridine rings is 1. The summed E-state index contributed by atoms with van der Waals surface area (Å²) in [4.78, 5) is 26.1. The van der Waals surface area contributed by atoms with E-state index in [1.165, 1.54) is 10.6 Å². The summed E-state index contributed by atoms with van der Waals surface area (Å²) in [5.41, 5.74) is 5.88. The van der Waals surface area contributed by atoms with Gasteiger partial charge in [0.1, 0.15) is 0 Å². The van der Waals surface area contributed by atoms with Gasteiger partial charge in [0.15, 0.2) is 0 Å². The molecule has 0 unspecified atom stereocenters. The summed E-state index contributed by atoms with van der Waals surface area (Å²) in [6, 6.07) is 3.05. The third-order valence-electron chi connectivity index (χ3n) is 3.54. The first-order valence-electron chi connectivity index (χ1n) is 6.24. The zero-order chi connectivity index (χ0) is 14.0. The summed E-state index contributed by atoms with van der Waals surface area (Å²) in [6.07, 6.45) is 3.20. The lowest BCUT2D eigenvalue weighted by molar-refractivity contribution is 0.0710. The van der Waals surface area contributed by atoms with Crippen LogP contribution in [0.2, 0.25) is 0 Å². The largest absolute Gasteiger partial charge is 0.393 e. The van der Waals surface area contributed by atoms with Gasteiger partial charge in [0.25, 0.3) is 11.5 Å². The van der Waals surface area contributed by atoms with Crippen LogP contribution in [0, 0.1) is 5.92 Å². The minimum atomic E-state index is -0.177. The fourth-order valence-corrected chi connectivity index (χ4v) is 2.47. The number of rotatable bonds is 2. The first-order valence-corrected chi connectivity index (χ1v) is 6.65. The van der Waals surface area contributed by atoms with E-state index in [4.69, 9.17) is 18.0 Å². The molecule has 0 spiro atoms. The van der Waals surface area contributed by atoms with Crippen molar-refractivity contribution in [1.82, 2.24) is 9.47 Å². The van der Waals surface area contributed by atoms with Crippen molar-refractivity contribution in [3.63, 3.8) is 0 Å². The highest BCUT2D eigenvalue weighted by molar-refractivity contribution is 7.80. The number of carbonyl (C=O) groups is 1. The highest BCUT2D eigenvalue weighted by atomic mass is 32.1. The van der Waals surface area contributed by atoms with Crippen molar-refractivity contribution in [3.05, 3.63) is 34.2 Å². The van der Waals surface area contributed by atoms with Gasteiger partial charge in [-0.25, -0.2) is 0 Å². The number of hydrogen-bond acceptors (Lipinski definition) is 3. The number of nitrogens with zero attached hydrogens (tertiary/aromatic N) is 2. The van der Waals surface area contributed by atoms with E-state index < -0.39 is 0 Å². The Hall–Kier alpha value is -1.69. The molecule has 5 nitrogen and oxygen atoms in total. The molecule has 0 bridgehead atoms. The van der Waals surface area contributed by atoms with Crippen LogP contribution >= 0.6 is 12.2 Å². The van der Waals surface area contributed by atoms with Crippen molar-refractivity contribution in [2.75, 3.05) is 13.1 Å². The number of aryl methyl sites for hydroxylation is 1. The molecule has 6 heteroatoms. The van der Waals surface area contributed by atoms with E-state index >= 15 is 0 Å². The predicted molar refractivity (Wildman–Crippen MR) is 77.1 cm³/mol. The zero-order valence-corrected chi connectivity index (χ0v) is 11.7. The number of carbonyl (C=O) groups excluding carboxylic acids is 1. The second-order valence-electron chi connectivity index (χ2n) is 4.83. The second-order valence-corrected chi connectivity index (χ2v) is 5.30. The number of piperidine rings is 1. The van der Waals surface area contributed by atoms with E-state index in [0.29, 0.717) is 23.6 Å². The topological polar surface area (TPSA) is 68.3 Å². The Morgan fingerprint density at radius 1 is 1.42 bits per heavy atom. The molecule has 2 N–H and O–H groups in total. The molecular weight excluding hydrogens is 262 g/mol. The van der Waals surface area contributed by atoms with E-state index in [0.717, 1.165) is 12.8 Å². The van der Waals surface area contributed by atoms with E-state index in [2.05, 4.69) is 0 Å². The summed E-state index contributed by atoms with van der Waals surface area (Å²) in [6.45, 7) is 1.27. The van der Waals surface area contributed by atoms with Crippen LogP contribution in [0.5, 0.6) is 0 Å². The van der Waals surface area contributed by atoms with E-state index in [9.17, 15) is 9.59 Å². The quantitative estimate of drug-likeness (QED) is 0.802. The monoisotopic (exact) mass is 279 g/mol. The minimum absolute atomic E-state index is 0.0981. The molecule has 102 valence electrons. The van der Waals surface area contributed by atoms with Crippen LogP contribution in [0.25, 0.3) is 0 Å². The number of hydrogen-bond donors (Lipinski definition) is 1. The summed E-state index contributed by atoms with van der Waals surface area (Å²) in [5.74, 6) is 0.127. The summed E-state index contributed by atoms with van der Waals surface area (Å²) < 4.78 is 1.44. The van der Waals surface area contributed by atoms with Gasteiger partial charge in [0.2, 0.25) is 0 Å². The molecule has 2 heterocycles. The molecule has 0 aliphatic carbocycles. The molecule has 0 aromatic carbocycles. The standard InChI is InChI=1S/C13H17N3O2S/c1-15-5-2-10(8-11(15)17)13(18)16-6-3-9(4-7-16)12(14)19/h2,5,8-9H,3-4,6-7H2,1H3,(H2,14,19). The van der Waals surface area contributed by atoms with Crippen molar-refractivity contribution in [3.8, 4) is 0 Å². The van der Waals surface area contributed by atoms with Gasteiger partial charge in [-0.15, -0.1) is 0 Å². The van der Waals surface area contributed by atoms with Crippen LogP contribution < -0.4 is 11.3 Å². The molecule has 0 saturated carbocycles. The Morgan fingerprint density at radius 2 is 2.05 bits per heavy atom. The minimum Gasteiger partial charge on any atom is -0.393 e. The Balaban J connectivity index is 2.07. The second kappa shape index (κ2) is 5.52. The Labute approximate surface area is 117 Å². The van der Waals surface area contributed by atoms with E-state index in [1.807, 2.05) is 0 Å². The lowest BCUT2D eigenvalue weighted by Crippen LogP contribution is -2.41. The Morgan fingerprint density at radius 3 is 2.58 bits per heavy atom. The molecule has 1 aliphatic rings. The number of amides is 1. The van der Waals surface area contributed by atoms with Gasteiger partial charge in [-0.3, -0.25) is 9.59 Å². The molecule has 1 amide bonds. The van der Waals surface area contributed by atoms with Crippen LogP contribution in [-0.2, 0) is 7.05 Å². The van der Waals surface area contributed by atoms with Gasteiger partial charge in [0.05, 0.1) is 4.99 Å². The molecule has 2 rings (SSSR count). The van der Waals surface area contributed by atoms with Crippen LogP contribution in [0.1, 0.15) is 23.2 Å². The molecule has 0 atom stereocenters. The fraction of sp³-hybridized carbons (Fsp3) is 0.462. The highest BCUT2D eigenvalue weighted by Gasteiger charge is 2.25. The Kier molecular flexibility index (Phi) is 3.99. The predicted octanol–water partition coefficient (Wildman–Crippen LogP) is 0.524. The number of likely N-dealkylation sites (tertiary alicyclic amines) is 1. The molecule has 1 fully saturated rings. The molecule has 0 radical (unpaired) electrons. The van der Waals surface area contributed by atoms with Gasteiger partial charge in [-0.05, 0) is 18.9 Å².